The third-order valence-electron chi connectivity index (χ3n) is 3.92. The topological polar surface area (TPSA) is 24.5 Å². The van der Waals surface area contributed by atoms with E-state index in [0.717, 1.165) is 50.8 Å². The molecule has 0 spiro atoms. The summed E-state index contributed by atoms with van der Waals surface area (Å²) in [5.41, 5.74) is 1.07. The van der Waals surface area contributed by atoms with Crippen molar-refractivity contribution in [2.75, 3.05) is 39.9 Å². The normalized spacial score (nSPS) is 17.5. The van der Waals surface area contributed by atoms with E-state index < -0.39 is 0 Å². The number of hydrogen-bond donors (Lipinski definition) is 1. The van der Waals surface area contributed by atoms with Crippen LogP contribution in [-0.4, -0.2) is 44.8 Å². The molecule has 0 amide bonds. The molecule has 20 heavy (non-hydrogen) atoms. The van der Waals surface area contributed by atoms with E-state index in [0.29, 0.717) is 0 Å². The predicted molar refractivity (Wildman–Crippen MR) is 79.1 cm³/mol. The van der Waals surface area contributed by atoms with E-state index in [-0.39, 0.29) is 5.82 Å². The van der Waals surface area contributed by atoms with Gasteiger partial charge in [-0.25, -0.2) is 4.39 Å². The fraction of sp³-hybridized carbons (Fsp3) is 0.625. The molecule has 1 aromatic rings. The van der Waals surface area contributed by atoms with Crippen molar-refractivity contribution in [3.63, 3.8) is 0 Å². The Kier molecular flexibility index (Phi) is 6.43. The van der Waals surface area contributed by atoms with Gasteiger partial charge in [-0.3, -0.25) is 4.90 Å². The summed E-state index contributed by atoms with van der Waals surface area (Å²) >= 11 is 0. The number of piperidine rings is 1. The van der Waals surface area contributed by atoms with Crippen LogP contribution in [-0.2, 0) is 11.3 Å². The summed E-state index contributed by atoms with van der Waals surface area (Å²) in [6, 6.07) is 6.93. The van der Waals surface area contributed by atoms with Crippen LogP contribution in [0.3, 0.4) is 0 Å². The zero-order valence-electron chi connectivity index (χ0n) is 12.3. The lowest BCUT2D eigenvalue weighted by molar-refractivity contribution is 0.168. The number of nitrogens with zero attached hydrogens (tertiary/aromatic N) is 1. The summed E-state index contributed by atoms with van der Waals surface area (Å²) in [5, 5.41) is 3.43. The smallest absolute Gasteiger partial charge is 0.123 e. The van der Waals surface area contributed by atoms with Crippen LogP contribution >= 0.6 is 0 Å². The van der Waals surface area contributed by atoms with Crippen LogP contribution in [0.25, 0.3) is 0 Å². The first-order valence-electron chi connectivity index (χ1n) is 7.44. The number of methoxy groups -OCH3 is 1. The Morgan fingerprint density at radius 3 is 2.85 bits per heavy atom. The van der Waals surface area contributed by atoms with Crippen molar-refractivity contribution in [2.24, 2.45) is 5.92 Å². The summed E-state index contributed by atoms with van der Waals surface area (Å²) < 4.78 is 18.2. The third kappa shape index (κ3) is 5.19. The van der Waals surface area contributed by atoms with E-state index in [1.165, 1.54) is 18.9 Å². The monoisotopic (exact) mass is 280 g/mol. The molecule has 1 fully saturated rings. The molecule has 0 bridgehead atoms. The summed E-state index contributed by atoms with van der Waals surface area (Å²) in [5.74, 6) is 0.621. The van der Waals surface area contributed by atoms with Gasteiger partial charge in [0.25, 0.3) is 0 Å². The van der Waals surface area contributed by atoms with E-state index in [4.69, 9.17) is 4.74 Å². The highest BCUT2D eigenvalue weighted by Gasteiger charge is 2.18. The molecule has 0 atom stereocenters. The predicted octanol–water partition coefficient (Wildman–Crippen LogP) is 2.27. The quantitative estimate of drug-likeness (QED) is 0.776. The number of rotatable bonds is 7. The Balaban J connectivity index is 1.66. The molecule has 2 rings (SSSR count). The zero-order chi connectivity index (χ0) is 14.2. The van der Waals surface area contributed by atoms with Crippen LogP contribution in [0, 0.1) is 11.7 Å². The maximum atomic E-state index is 13.1. The average molecular weight is 280 g/mol. The number of ether oxygens (including phenoxy) is 1. The standard InChI is InChI=1S/C16H25FN2O/c1-20-10-7-18-12-14-5-8-19(9-6-14)13-15-3-2-4-16(17)11-15/h2-4,11,14,18H,5-10,12-13H2,1H3. The lowest BCUT2D eigenvalue weighted by Crippen LogP contribution is -2.37. The van der Waals surface area contributed by atoms with Crippen molar-refractivity contribution in [2.45, 2.75) is 19.4 Å². The number of likely N-dealkylation sites (tertiary alicyclic amines) is 1. The molecular formula is C16H25FN2O. The van der Waals surface area contributed by atoms with Crippen molar-refractivity contribution >= 4 is 0 Å². The largest absolute Gasteiger partial charge is 0.383 e. The fourth-order valence-corrected chi connectivity index (χ4v) is 2.72. The Labute approximate surface area is 121 Å². The van der Waals surface area contributed by atoms with Gasteiger partial charge in [0.1, 0.15) is 5.82 Å². The molecule has 1 aromatic carbocycles. The molecule has 1 aliphatic rings. The van der Waals surface area contributed by atoms with Gasteiger partial charge in [-0.2, -0.15) is 0 Å². The van der Waals surface area contributed by atoms with Gasteiger partial charge in [0, 0.05) is 20.2 Å². The van der Waals surface area contributed by atoms with Crippen LogP contribution in [0.5, 0.6) is 0 Å². The van der Waals surface area contributed by atoms with Crippen molar-refractivity contribution in [1.82, 2.24) is 10.2 Å². The van der Waals surface area contributed by atoms with Gasteiger partial charge >= 0.3 is 0 Å². The maximum absolute atomic E-state index is 13.1. The fourth-order valence-electron chi connectivity index (χ4n) is 2.72. The van der Waals surface area contributed by atoms with E-state index in [1.807, 2.05) is 6.07 Å². The molecule has 1 aliphatic heterocycles. The van der Waals surface area contributed by atoms with Gasteiger partial charge in [0.2, 0.25) is 0 Å². The second kappa shape index (κ2) is 8.35. The van der Waals surface area contributed by atoms with Gasteiger partial charge in [0.15, 0.2) is 0 Å². The first kappa shape index (κ1) is 15.4. The van der Waals surface area contributed by atoms with Gasteiger partial charge in [-0.15, -0.1) is 0 Å². The Hall–Kier alpha value is -0.970. The van der Waals surface area contributed by atoms with E-state index in [9.17, 15) is 4.39 Å². The van der Waals surface area contributed by atoms with Crippen molar-refractivity contribution < 1.29 is 9.13 Å². The number of halogens is 1. The summed E-state index contributed by atoms with van der Waals surface area (Å²) in [4.78, 5) is 2.42. The first-order chi connectivity index (χ1) is 9.78. The molecule has 3 nitrogen and oxygen atoms in total. The van der Waals surface area contributed by atoms with Crippen LogP contribution < -0.4 is 5.32 Å². The lowest BCUT2D eigenvalue weighted by atomic mass is 9.96. The second-order valence-corrected chi connectivity index (χ2v) is 5.55. The van der Waals surface area contributed by atoms with Crippen molar-refractivity contribution in [1.29, 1.82) is 0 Å². The molecule has 112 valence electrons. The molecule has 1 N–H and O–H groups in total. The Morgan fingerprint density at radius 2 is 2.15 bits per heavy atom. The van der Waals surface area contributed by atoms with E-state index in [1.54, 1.807) is 19.2 Å². The molecule has 4 heteroatoms. The summed E-state index contributed by atoms with van der Waals surface area (Å²) in [6.45, 7) is 5.86. The average Bonchev–Trinajstić information content (AvgIpc) is 2.45. The highest BCUT2D eigenvalue weighted by molar-refractivity contribution is 5.16. The van der Waals surface area contributed by atoms with Crippen molar-refractivity contribution in [3.05, 3.63) is 35.6 Å². The molecule has 0 aliphatic carbocycles. The van der Waals surface area contributed by atoms with Crippen LogP contribution in [0.2, 0.25) is 0 Å². The van der Waals surface area contributed by atoms with Crippen LogP contribution in [0.1, 0.15) is 18.4 Å². The molecular weight excluding hydrogens is 255 g/mol. The molecule has 0 radical (unpaired) electrons. The number of hydrogen-bond acceptors (Lipinski definition) is 3. The highest BCUT2D eigenvalue weighted by Crippen LogP contribution is 2.18. The van der Waals surface area contributed by atoms with E-state index >= 15 is 0 Å². The second-order valence-electron chi connectivity index (χ2n) is 5.55. The Bertz CT molecular complexity index is 392. The van der Waals surface area contributed by atoms with Gasteiger partial charge < -0.3 is 10.1 Å². The van der Waals surface area contributed by atoms with E-state index in [2.05, 4.69) is 10.2 Å². The zero-order valence-corrected chi connectivity index (χ0v) is 12.3. The number of nitrogens with one attached hydrogen (secondary N) is 1. The SMILES string of the molecule is COCCNCC1CCN(Cc2cccc(F)c2)CC1. The molecule has 0 aromatic heterocycles. The molecule has 1 saturated heterocycles. The summed E-state index contributed by atoms with van der Waals surface area (Å²) in [6.07, 6.45) is 2.44. The molecule has 0 saturated carbocycles. The summed E-state index contributed by atoms with van der Waals surface area (Å²) in [7, 11) is 1.73. The highest BCUT2D eigenvalue weighted by atomic mass is 19.1. The van der Waals surface area contributed by atoms with Crippen LogP contribution in [0.4, 0.5) is 4.39 Å². The number of benzene rings is 1. The maximum Gasteiger partial charge on any atom is 0.123 e. The molecule has 1 heterocycles. The van der Waals surface area contributed by atoms with Crippen LogP contribution in [0.15, 0.2) is 24.3 Å². The third-order valence-corrected chi connectivity index (χ3v) is 3.92. The minimum Gasteiger partial charge on any atom is -0.383 e. The van der Waals surface area contributed by atoms with Gasteiger partial charge in [-0.05, 0) is 56.1 Å². The minimum absolute atomic E-state index is 0.139. The lowest BCUT2D eigenvalue weighted by Gasteiger charge is -2.32. The van der Waals surface area contributed by atoms with Gasteiger partial charge in [0.05, 0.1) is 6.61 Å². The Morgan fingerprint density at radius 1 is 1.35 bits per heavy atom. The minimum atomic E-state index is -0.139. The van der Waals surface area contributed by atoms with Crippen molar-refractivity contribution in [3.8, 4) is 0 Å². The van der Waals surface area contributed by atoms with Gasteiger partial charge in [-0.1, -0.05) is 12.1 Å². The molecule has 0 unspecified atom stereocenters. The first-order valence-corrected chi connectivity index (χ1v) is 7.44.